The molecule has 0 saturated carbocycles. The van der Waals surface area contributed by atoms with Gasteiger partial charge in [-0.25, -0.2) is 0 Å². The number of carboxylic acids is 1. The van der Waals surface area contributed by atoms with Gasteiger partial charge in [0.15, 0.2) is 0 Å². The van der Waals surface area contributed by atoms with Crippen molar-refractivity contribution in [2.75, 3.05) is 0 Å². The van der Waals surface area contributed by atoms with Crippen LogP contribution >= 0.6 is 0 Å². The van der Waals surface area contributed by atoms with Gasteiger partial charge < -0.3 is 15.6 Å². The van der Waals surface area contributed by atoms with Crippen LogP contribution < -0.4 is 10.5 Å². The van der Waals surface area contributed by atoms with Gasteiger partial charge in [0.05, 0.1) is 6.42 Å². The van der Waals surface area contributed by atoms with Crippen molar-refractivity contribution in [3.8, 4) is 5.75 Å². The molecule has 0 aliphatic heterocycles. The lowest BCUT2D eigenvalue weighted by atomic mass is 9.99. The number of carbonyl (C=O) groups excluding carboxylic acids is 1. The zero-order chi connectivity index (χ0) is 12.8. The highest BCUT2D eigenvalue weighted by molar-refractivity contribution is 5.76. The number of hydrogen-bond acceptors (Lipinski definition) is 4. The van der Waals surface area contributed by atoms with Crippen LogP contribution in [0.15, 0.2) is 30.3 Å². The molecule has 5 nitrogen and oxygen atoms in total. The average molecular weight is 237 g/mol. The van der Waals surface area contributed by atoms with Crippen molar-refractivity contribution < 1.29 is 19.4 Å². The molecule has 3 N–H and O–H groups in total. The Hall–Kier alpha value is -1.88. The third-order valence-electron chi connectivity index (χ3n) is 2.36. The quantitative estimate of drug-likeness (QED) is 0.589. The summed E-state index contributed by atoms with van der Waals surface area (Å²) in [5.41, 5.74) is 5.39. The Labute approximate surface area is 99.2 Å². The van der Waals surface area contributed by atoms with E-state index < -0.39 is 23.9 Å². The SMILES string of the molecule is CC(CC(=O)Oc1ccccc1)[C@H](N)C(=O)O. The smallest absolute Gasteiger partial charge is 0.320 e. The molecule has 1 aromatic rings. The first-order valence-electron chi connectivity index (χ1n) is 5.25. The minimum atomic E-state index is -1.12. The summed E-state index contributed by atoms with van der Waals surface area (Å²) in [7, 11) is 0. The number of carbonyl (C=O) groups is 2. The van der Waals surface area contributed by atoms with Gasteiger partial charge >= 0.3 is 11.9 Å². The molecule has 1 unspecified atom stereocenters. The fourth-order valence-corrected chi connectivity index (χ4v) is 1.29. The van der Waals surface area contributed by atoms with Gasteiger partial charge in [-0.05, 0) is 18.1 Å². The Kier molecular flexibility index (Phi) is 4.66. The van der Waals surface area contributed by atoms with Crippen molar-refractivity contribution in [1.82, 2.24) is 0 Å². The Balaban J connectivity index is 2.48. The number of carboxylic acid groups (broad SMARTS) is 1. The van der Waals surface area contributed by atoms with Crippen LogP contribution in [-0.4, -0.2) is 23.1 Å². The summed E-state index contributed by atoms with van der Waals surface area (Å²) in [6, 6.07) is 7.54. The van der Waals surface area contributed by atoms with Gasteiger partial charge in [0.25, 0.3) is 0 Å². The Morgan fingerprint density at radius 2 is 1.94 bits per heavy atom. The number of hydrogen-bond donors (Lipinski definition) is 2. The van der Waals surface area contributed by atoms with Gasteiger partial charge in [0, 0.05) is 0 Å². The third-order valence-corrected chi connectivity index (χ3v) is 2.36. The molecular weight excluding hydrogens is 222 g/mol. The van der Waals surface area contributed by atoms with Crippen molar-refractivity contribution in [1.29, 1.82) is 0 Å². The number of aliphatic carboxylic acids is 1. The minimum absolute atomic E-state index is 0.0254. The molecule has 0 amide bonds. The highest BCUT2D eigenvalue weighted by atomic mass is 16.5. The fourth-order valence-electron chi connectivity index (χ4n) is 1.29. The topological polar surface area (TPSA) is 89.6 Å². The van der Waals surface area contributed by atoms with E-state index in [4.69, 9.17) is 15.6 Å². The fraction of sp³-hybridized carbons (Fsp3) is 0.333. The third kappa shape index (κ3) is 4.24. The zero-order valence-corrected chi connectivity index (χ0v) is 9.50. The van der Waals surface area contributed by atoms with Gasteiger partial charge in [-0.2, -0.15) is 0 Å². The molecule has 0 aromatic heterocycles. The van der Waals surface area contributed by atoms with Gasteiger partial charge in [0.1, 0.15) is 11.8 Å². The molecule has 1 aromatic carbocycles. The lowest BCUT2D eigenvalue weighted by Crippen LogP contribution is -2.38. The Bertz CT molecular complexity index is 391. The number of benzene rings is 1. The maximum atomic E-state index is 11.5. The molecule has 0 heterocycles. The lowest BCUT2D eigenvalue weighted by Gasteiger charge is -2.14. The molecule has 0 radical (unpaired) electrons. The second kappa shape index (κ2) is 6.00. The van der Waals surface area contributed by atoms with E-state index in [0.29, 0.717) is 5.75 Å². The van der Waals surface area contributed by atoms with E-state index in [1.54, 1.807) is 37.3 Å². The second-order valence-electron chi connectivity index (χ2n) is 3.83. The van der Waals surface area contributed by atoms with Crippen molar-refractivity contribution in [2.24, 2.45) is 11.7 Å². The van der Waals surface area contributed by atoms with E-state index in [9.17, 15) is 9.59 Å². The van der Waals surface area contributed by atoms with Gasteiger partial charge in [-0.15, -0.1) is 0 Å². The van der Waals surface area contributed by atoms with Crippen LogP contribution in [0.25, 0.3) is 0 Å². The van der Waals surface area contributed by atoms with Gasteiger partial charge in [-0.1, -0.05) is 25.1 Å². The summed E-state index contributed by atoms with van der Waals surface area (Å²) in [5, 5.41) is 8.68. The van der Waals surface area contributed by atoms with E-state index in [2.05, 4.69) is 0 Å². The molecule has 0 aliphatic carbocycles. The van der Waals surface area contributed by atoms with Crippen LogP contribution in [0.5, 0.6) is 5.75 Å². The first-order valence-corrected chi connectivity index (χ1v) is 5.25. The molecule has 0 aliphatic rings. The molecule has 0 bridgehead atoms. The van der Waals surface area contributed by atoms with Crippen LogP contribution in [-0.2, 0) is 9.59 Å². The molecule has 5 heteroatoms. The monoisotopic (exact) mass is 237 g/mol. The molecule has 0 fully saturated rings. The van der Waals surface area contributed by atoms with Crippen LogP contribution in [0.3, 0.4) is 0 Å². The molecule has 0 spiro atoms. The van der Waals surface area contributed by atoms with Crippen molar-refractivity contribution in [3.05, 3.63) is 30.3 Å². The summed E-state index contributed by atoms with van der Waals surface area (Å²) in [6.07, 6.45) is -0.0254. The average Bonchev–Trinajstić information content (AvgIpc) is 2.28. The number of esters is 1. The van der Waals surface area contributed by atoms with E-state index in [1.807, 2.05) is 0 Å². The van der Waals surface area contributed by atoms with Crippen molar-refractivity contribution in [3.63, 3.8) is 0 Å². The summed E-state index contributed by atoms with van der Waals surface area (Å²) < 4.78 is 5.03. The Morgan fingerprint density at radius 1 is 1.35 bits per heavy atom. The number of rotatable bonds is 5. The number of ether oxygens (including phenoxy) is 1. The van der Waals surface area contributed by atoms with E-state index in [0.717, 1.165) is 0 Å². The van der Waals surface area contributed by atoms with E-state index >= 15 is 0 Å². The van der Waals surface area contributed by atoms with Gasteiger partial charge in [-0.3, -0.25) is 9.59 Å². The van der Waals surface area contributed by atoms with Crippen LogP contribution in [0.4, 0.5) is 0 Å². The molecule has 92 valence electrons. The largest absolute Gasteiger partial charge is 0.480 e. The first kappa shape index (κ1) is 13.2. The van der Waals surface area contributed by atoms with Crippen molar-refractivity contribution >= 4 is 11.9 Å². The first-order chi connectivity index (χ1) is 8.00. The summed E-state index contributed by atoms with van der Waals surface area (Å²) in [5.74, 6) is -1.64. The number of para-hydroxylation sites is 1. The zero-order valence-electron chi connectivity index (χ0n) is 9.50. The summed E-state index contributed by atoms with van der Waals surface area (Å²) in [4.78, 5) is 22.1. The maximum absolute atomic E-state index is 11.5. The van der Waals surface area contributed by atoms with Crippen LogP contribution in [0, 0.1) is 5.92 Å². The van der Waals surface area contributed by atoms with Gasteiger partial charge in [0.2, 0.25) is 0 Å². The normalized spacial score (nSPS) is 13.8. The maximum Gasteiger partial charge on any atom is 0.320 e. The molecule has 1 rings (SSSR count). The predicted octanol–water partition coefficient (Wildman–Crippen LogP) is 1.03. The minimum Gasteiger partial charge on any atom is -0.480 e. The molecule has 2 atom stereocenters. The second-order valence-corrected chi connectivity index (χ2v) is 3.83. The van der Waals surface area contributed by atoms with Crippen molar-refractivity contribution in [2.45, 2.75) is 19.4 Å². The van der Waals surface area contributed by atoms with Crippen LogP contribution in [0.2, 0.25) is 0 Å². The highest BCUT2D eigenvalue weighted by Gasteiger charge is 2.23. The summed E-state index contributed by atoms with van der Waals surface area (Å²) in [6.45, 7) is 1.60. The van der Waals surface area contributed by atoms with E-state index in [-0.39, 0.29) is 6.42 Å². The standard InChI is InChI=1S/C12H15NO4/c1-8(11(13)12(15)16)7-10(14)17-9-5-3-2-4-6-9/h2-6,8,11H,7,13H2,1H3,(H,15,16)/t8?,11-/m0/s1. The van der Waals surface area contributed by atoms with E-state index in [1.165, 1.54) is 0 Å². The van der Waals surface area contributed by atoms with Crippen LogP contribution in [0.1, 0.15) is 13.3 Å². The highest BCUT2D eigenvalue weighted by Crippen LogP contribution is 2.13. The lowest BCUT2D eigenvalue weighted by molar-refractivity contribution is -0.140. The predicted molar refractivity (Wildman–Crippen MR) is 61.5 cm³/mol. The molecule has 0 saturated heterocycles. The number of nitrogens with two attached hydrogens (primary N) is 1. The Morgan fingerprint density at radius 3 is 2.47 bits per heavy atom. The summed E-state index contributed by atoms with van der Waals surface area (Å²) >= 11 is 0. The molecule has 17 heavy (non-hydrogen) atoms. The molecular formula is C12H15NO4.